The summed E-state index contributed by atoms with van der Waals surface area (Å²) in [7, 11) is 0. The molecule has 6 heteroatoms. The molecule has 2 heterocycles. The number of rotatable bonds is 3. The Morgan fingerprint density at radius 3 is 2.78 bits per heavy atom. The summed E-state index contributed by atoms with van der Waals surface area (Å²) in [5, 5.41) is 4.23. The van der Waals surface area contributed by atoms with E-state index >= 15 is 0 Å². The summed E-state index contributed by atoms with van der Waals surface area (Å²) in [6, 6.07) is 2.39. The molecule has 0 fully saturated rings. The molecule has 2 rings (SSSR count). The number of aromatic nitrogens is 3. The first kappa shape index (κ1) is 13.2. The molecule has 0 aliphatic rings. The van der Waals surface area contributed by atoms with Crippen LogP contribution in [0.5, 0.6) is 0 Å². The summed E-state index contributed by atoms with van der Waals surface area (Å²) in [6.07, 6.45) is 3.19. The van der Waals surface area contributed by atoms with Gasteiger partial charge in [0.15, 0.2) is 0 Å². The molecule has 0 radical (unpaired) electrons. The van der Waals surface area contributed by atoms with Crippen LogP contribution in [0.2, 0.25) is 0 Å². The zero-order chi connectivity index (χ0) is 13.3. The van der Waals surface area contributed by atoms with Crippen molar-refractivity contribution in [2.24, 2.45) is 5.73 Å². The lowest BCUT2D eigenvalue weighted by Gasteiger charge is -2.17. The van der Waals surface area contributed by atoms with E-state index < -0.39 is 11.9 Å². The fourth-order valence-electron chi connectivity index (χ4n) is 1.81. The van der Waals surface area contributed by atoms with Crippen LogP contribution in [-0.2, 0) is 0 Å². The lowest BCUT2D eigenvalue weighted by Crippen LogP contribution is -2.21. The van der Waals surface area contributed by atoms with Crippen LogP contribution in [0.25, 0.3) is 0 Å². The van der Waals surface area contributed by atoms with Crippen molar-refractivity contribution in [2.75, 3.05) is 0 Å². The van der Waals surface area contributed by atoms with Gasteiger partial charge >= 0.3 is 0 Å². The Kier molecular flexibility index (Phi) is 3.77. The second-order valence-corrected chi connectivity index (χ2v) is 5.12. The average molecular weight is 313 g/mol. The molecule has 96 valence electrons. The van der Waals surface area contributed by atoms with E-state index in [2.05, 4.69) is 26.0 Å². The van der Waals surface area contributed by atoms with Gasteiger partial charge in [0.25, 0.3) is 0 Å². The number of hydrogen-bond acceptors (Lipinski definition) is 3. The van der Waals surface area contributed by atoms with Crippen LogP contribution < -0.4 is 5.73 Å². The van der Waals surface area contributed by atoms with E-state index in [4.69, 9.17) is 5.73 Å². The highest BCUT2D eigenvalue weighted by Gasteiger charge is 2.23. The zero-order valence-electron chi connectivity index (χ0n) is 10.1. The van der Waals surface area contributed by atoms with Crippen molar-refractivity contribution in [1.82, 2.24) is 14.8 Å². The van der Waals surface area contributed by atoms with Crippen LogP contribution in [0.3, 0.4) is 0 Å². The molecule has 2 N–H and O–H groups in total. The van der Waals surface area contributed by atoms with Crippen molar-refractivity contribution in [3.05, 3.63) is 46.2 Å². The zero-order valence-corrected chi connectivity index (χ0v) is 11.7. The second kappa shape index (κ2) is 5.16. The Labute approximate surface area is 113 Å². The molecule has 1 atom stereocenters. The van der Waals surface area contributed by atoms with Gasteiger partial charge in [-0.1, -0.05) is 0 Å². The van der Waals surface area contributed by atoms with E-state index in [0.29, 0.717) is 0 Å². The predicted molar refractivity (Wildman–Crippen MR) is 70.5 cm³/mol. The van der Waals surface area contributed by atoms with Crippen LogP contribution in [-0.4, -0.2) is 14.8 Å². The lowest BCUT2D eigenvalue weighted by atomic mass is 10.1. The highest BCUT2D eigenvalue weighted by Crippen LogP contribution is 2.28. The average Bonchev–Trinajstić information content (AvgIpc) is 2.71. The molecule has 0 saturated heterocycles. The molecule has 0 amide bonds. The van der Waals surface area contributed by atoms with Crippen molar-refractivity contribution < 1.29 is 4.39 Å². The quantitative estimate of drug-likeness (QED) is 0.948. The third-order valence-corrected chi connectivity index (χ3v) is 3.26. The number of halogens is 2. The van der Waals surface area contributed by atoms with Gasteiger partial charge in [-0.25, -0.2) is 4.39 Å². The standard InChI is InChI=1S/C12H14BrFN4/c1-7(2)18-12(8(13)6-17-18)10(15)11-9(14)4-3-5-16-11/h3-7,10H,15H2,1-2H3. The highest BCUT2D eigenvalue weighted by molar-refractivity contribution is 9.10. The third kappa shape index (κ3) is 2.30. The first-order valence-corrected chi connectivity index (χ1v) is 6.40. The molecule has 0 spiro atoms. The number of nitrogens with two attached hydrogens (primary N) is 1. The second-order valence-electron chi connectivity index (χ2n) is 4.26. The predicted octanol–water partition coefficient (Wildman–Crippen LogP) is 2.81. The van der Waals surface area contributed by atoms with Gasteiger partial charge in [-0.05, 0) is 41.9 Å². The minimum Gasteiger partial charge on any atom is -0.318 e. The molecular weight excluding hydrogens is 299 g/mol. The Bertz CT molecular complexity index is 553. The van der Waals surface area contributed by atoms with Crippen molar-refractivity contribution in [2.45, 2.75) is 25.9 Å². The first-order valence-electron chi connectivity index (χ1n) is 5.61. The third-order valence-electron chi connectivity index (χ3n) is 2.65. The molecule has 0 aromatic carbocycles. The largest absolute Gasteiger partial charge is 0.318 e. The molecule has 1 unspecified atom stereocenters. The van der Waals surface area contributed by atoms with Gasteiger partial charge in [0.1, 0.15) is 5.82 Å². The van der Waals surface area contributed by atoms with Gasteiger partial charge in [0, 0.05) is 12.2 Å². The fraction of sp³-hybridized carbons (Fsp3) is 0.333. The summed E-state index contributed by atoms with van der Waals surface area (Å²) >= 11 is 3.39. The molecule has 2 aromatic heterocycles. The SMILES string of the molecule is CC(C)n1ncc(Br)c1C(N)c1ncccc1F. The van der Waals surface area contributed by atoms with E-state index in [1.165, 1.54) is 12.3 Å². The Hall–Kier alpha value is -1.27. The molecule has 0 aliphatic heterocycles. The van der Waals surface area contributed by atoms with E-state index in [1.54, 1.807) is 16.9 Å². The van der Waals surface area contributed by atoms with Crippen LogP contribution in [0.4, 0.5) is 4.39 Å². The molecular formula is C12H14BrFN4. The summed E-state index contributed by atoms with van der Waals surface area (Å²) in [6.45, 7) is 3.98. The maximum Gasteiger partial charge on any atom is 0.146 e. The molecule has 0 saturated carbocycles. The van der Waals surface area contributed by atoms with Crippen molar-refractivity contribution >= 4 is 15.9 Å². The number of hydrogen-bond donors (Lipinski definition) is 1. The summed E-state index contributed by atoms with van der Waals surface area (Å²) < 4.78 is 16.2. The lowest BCUT2D eigenvalue weighted by molar-refractivity contribution is 0.489. The van der Waals surface area contributed by atoms with Crippen molar-refractivity contribution in [1.29, 1.82) is 0 Å². The van der Waals surface area contributed by atoms with Gasteiger partial charge in [0.2, 0.25) is 0 Å². The van der Waals surface area contributed by atoms with Crippen molar-refractivity contribution in [3.63, 3.8) is 0 Å². The minimum atomic E-state index is -0.648. The van der Waals surface area contributed by atoms with Gasteiger partial charge < -0.3 is 5.73 Å². The molecule has 0 bridgehead atoms. The van der Waals surface area contributed by atoms with Gasteiger partial charge in [-0.3, -0.25) is 9.67 Å². The Morgan fingerprint density at radius 1 is 1.44 bits per heavy atom. The van der Waals surface area contributed by atoms with Gasteiger partial charge in [0.05, 0.1) is 28.1 Å². The molecule has 18 heavy (non-hydrogen) atoms. The van der Waals surface area contributed by atoms with E-state index in [0.717, 1.165) is 10.2 Å². The Morgan fingerprint density at radius 2 is 2.17 bits per heavy atom. The summed E-state index contributed by atoms with van der Waals surface area (Å²) in [4.78, 5) is 4.01. The molecule has 4 nitrogen and oxygen atoms in total. The molecule has 0 aliphatic carbocycles. The van der Waals surface area contributed by atoms with Crippen LogP contribution >= 0.6 is 15.9 Å². The summed E-state index contributed by atoms with van der Waals surface area (Å²) in [5.41, 5.74) is 7.06. The summed E-state index contributed by atoms with van der Waals surface area (Å²) in [5.74, 6) is -0.409. The first-order chi connectivity index (χ1) is 8.52. The smallest absolute Gasteiger partial charge is 0.146 e. The monoisotopic (exact) mass is 312 g/mol. The highest BCUT2D eigenvalue weighted by atomic mass is 79.9. The van der Waals surface area contributed by atoms with Gasteiger partial charge in [-0.2, -0.15) is 5.10 Å². The maximum atomic E-state index is 13.7. The van der Waals surface area contributed by atoms with Crippen molar-refractivity contribution in [3.8, 4) is 0 Å². The van der Waals surface area contributed by atoms with Crippen LogP contribution in [0.15, 0.2) is 29.0 Å². The normalized spacial score (nSPS) is 13.0. The fourth-order valence-corrected chi connectivity index (χ4v) is 2.33. The van der Waals surface area contributed by atoms with Gasteiger partial charge in [-0.15, -0.1) is 0 Å². The number of pyridine rings is 1. The van der Waals surface area contributed by atoms with E-state index in [1.807, 2.05) is 13.8 Å². The van der Waals surface area contributed by atoms with E-state index in [9.17, 15) is 4.39 Å². The topological polar surface area (TPSA) is 56.7 Å². The van der Waals surface area contributed by atoms with E-state index in [-0.39, 0.29) is 11.7 Å². The van der Waals surface area contributed by atoms with Crippen LogP contribution in [0.1, 0.15) is 37.3 Å². The maximum absolute atomic E-state index is 13.7. The van der Waals surface area contributed by atoms with Crippen LogP contribution in [0, 0.1) is 5.82 Å². The number of nitrogens with zero attached hydrogens (tertiary/aromatic N) is 3. The Balaban J connectivity index is 2.49. The molecule has 2 aromatic rings. The minimum absolute atomic E-state index is 0.143.